The Labute approximate surface area is 222 Å². The Bertz CT molecular complexity index is 1270. The summed E-state index contributed by atoms with van der Waals surface area (Å²) in [7, 11) is 0. The highest BCUT2D eigenvalue weighted by Gasteiger charge is 2.49. The predicted octanol–water partition coefficient (Wildman–Crippen LogP) is 4.30. The van der Waals surface area contributed by atoms with Crippen molar-refractivity contribution < 1.29 is 14.4 Å². The number of nitrogens with one attached hydrogen (secondary N) is 3. The van der Waals surface area contributed by atoms with Gasteiger partial charge >= 0.3 is 0 Å². The van der Waals surface area contributed by atoms with E-state index in [-0.39, 0.29) is 41.0 Å². The van der Waals surface area contributed by atoms with Crippen molar-refractivity contribution in [1.82, 2.24) is 20.5 Å². The molecule has 0 radical (unpaired) electrons. The maximum atomic E-state index is 13.8. The lowest BCUT2D eigenvalue weighted by Crippen LogP contribution is -2.49. The minimum absolute atomic E-state index is 0.0806. The van der Waals surface area contributed by atoms with Crippen LogP contribution < -0.4 is 10.6 Å². The first kappa shape index (κ1) is 25.6. The van der Waals surface area contributed by atoms with Crippen LogP contribution in [0, 0.1) is 22.7 Å². The number of nitrogens with zero attached hydrogens (tertiary/aromatic N) is 2. The highest BCUT2D eigenvalue weighted by Crippen LogP contribution is 2.46. The molecule has 0 bridgehead atoms. The van der Waals surface area contributed by atoms with Crippen LogP contribution in [0.15, 0.2) is 24.3 Å². The number of benzene rings is 1. The fraction of sp³-hybridized carbons (Fsp3) is 0.571. The Morgan fingerprint density at radius 3 is 2.65 bits per heavy atom. The second-order valence-electron chi connectivity index (χ2n) is 11.8. The Hall–Kier alpha value is -3.05. The molecule has 1 spiro atoms. The van der Waals surface area contributed by atoms with E-state index in [1.165, 1.54) is 6.42 Å². The number of nitriles is 1. The van der Waals surface area contributed by atoms with E-state index in [1.807, 2.05) is 19.9 Å². The van der Waals surface area contributed by atoms with Crippen molar-refractivity contribution in [3.8, 4) is 6.07 Å². The molecule has 1 aromatic carbocycles. The average Bonchev–Trinajstić information content (AvgIpc) is 3.51. The number of hydrogen-bond donors (Lipinski definition) is 3. The number of fused-ring (bicyclic) bond motifs is 1. The van der Waals surface area contributed by atoms with E-state index in [4.69, 9.17) is 11.6 Å². The largest absolute Gasteiger partial charge is 0.351 e. The van der Waals surface area contributed by atoms with Crippen LogP contribution in [0.1, 0.15) is 75.7 Å². The molecule has 2 saturated heterocycles. The maximum absolute atomic E-state index is 13.8. The van der Waals surface area contributed by atoms with Crippen molar-refractivity contribution >= 4 is 40.2 Å². The van der Waals surface area contributed by atoms with Gasteiger partial charge in [0.15, 0.2) is 0 Å². The van der Waals surface area contributed by atoms with Crippen LogP contribution in [0.3, 0.4) is 0 Å². The summed E-state index contributed by atoms with van der Waals surface area (Å²) in [6.07, 6.45) is 6.79. The number of aromatic amines is 1. The van der Waals surface area contributed by atoms with Crippen LogP contribution in [0.4, 0.5) is 0 Å². The third kappa shape index (κ3) is 5.19. The van der Waals surface area contributed by atoms with E-state index in [0.717, 1.165) is 36.6 Å². The summed E-state index contributed by atoms with van der Waals surface area (Å²) in [5.41, 5.74) is 0.788. The van der Waals surface area contributed by atoms with Gasteiger partial charge in [-0.05, 0) is 69.6 Å². The van der Waals surface area contributed by atoms with Crippen LogP contribution in [-0.2, 0) is 9.59 Å². The lowest BCUT2D eigenvalue weighted by Gasteiger charge is -2.32. The fourth-order valence-corrected chi connectivity index (χ4v) is 6.79. The van der Waals surface area contributed by atoms with Crippen LogP contribution in [0.25, 0.3) is 10.9 Å². The second-order valence-corrected chi connectivity index (χ2v) is 12.3. The Kier molecular flexibility index (Phi) is 6.70. The zero-order chi connectivity index (χ0) is 26.4. The number of carbonyl (C=O) groups is 3. The standard InChI is InChI=1S/C28H34ClN5O3/c1-27(2)13-18(24(35)33-27)10-20(15-30)31-25(36)23-14-28(8-4-3-5-9-28)16-34(23)26(37)22-11-17-6-7-19(29)12-21(17)32-22/h6-7,11-12,18,20,23,32H,3-5,8-10,13-14,16H2,1-2H3,(H,31,36)(H,33,35). The highest BCUT2D eigenvalue weighted by atomic mass is 35.5. The van der Waals surface area contributed by atoms with Crippen LogP contribution in [0.2, 0.25) is 5.02 Å². The third-order valence-corrected chi connectivity index (χ3v) is 8.62. The summed E-state index contributed by atoms with van der Waals surface area (Å²) < 4.78 is 0. The molecule has 3 heterocycles. The SMILES string of the molecule is CC1(C)CC(CC(C#N)NC(=O)C2CC3(CCCCC3)CN2C(=O)c2cc3ccc(Cl)cc3[nH]2)C(=O)N1. The fourth-order valence-electron chi connectivity index (χ4n) is 6.62. The molecular formula is C28H34ClN5O3. The smallest absolute Gasteiger partial charge is 0.271 e. The summed E-state index contributed by atoms with van der Waals surface area (Å²) in [5.74, 6) is -0.958. The molecule has 5 rings (SSSR count). The third-order valence-electron chi connectivity index (χ3n) is 8.38. The van der Waals surface area contributed by atoms with Crippen molar-refractivity contribution in [2.75, 3.05) is 6.54 Å². The quantitative estimate of drug-likeness (QED) is 0.541. The summed E-state index contributed by atoms with van der Waals surface area (Å²) in [4.78, 5) is 44.6. The summed E-state index contributed by atoms with van der Waals surface area (Å²) >= 11 is 6.12. The van der Waals surface area contributed by atoms with Gasteiger partial charge in [0.1, 0.15) is 17.8 Å². The Balaban J connectivity index is 1.36. The predicted molar refractivity (Wildman–Crippen MR) is 141 cm³/mol. The van der Waals surface area contributed by atoms with Gasteiger partial charge < -0.3 is 20.5 Å². The zero-order valence-corrected chi connectivity index (χ0v) is 22.2. The molecule has 3 atom stereocenters. The maximum Gasteiger partial charge on any atom is 0.271 e. The van der Waals surface area contributed by atoms with E-state index in [9.17, 15) is 19.6 Å². The van der Waals surface area contributed by atoms with Crippen LogP contribution >= 0.6 is 11.6 Å². The van der Waals surface area contributed by atoms with Crippen LogP contribution in [-0.4, -0.2) is 51.8 Å². The van der Waals surface area contributed by atoms with Gasteiger partial charge in [0.05, 0.1) is 6.07 Å². The molecule has 3 aliphatic rings. The minimum Gasteiger partial charge on any atom is -0.351 e. The second kappa shape index (κ2) is 9.68. The van der Waals surface area contributed by atoms with Gasteiger partial charge in [0.25, 0.3) is 5.91 Å². The molecule has 3 amide bonds. The molecule has 1 aliphatic carbocycles. The zero-order valence-electron chi connectivity index (χ0n) is 21.4. The first-order valence-corrected chi connectivity index (χ1v) is 13.6. The molecule has 3 fully saturated rings. The molecule has 1 aromatic heterocycles. The van der Waals surface area contributed by atoms with Crippen molar-refractivity contribution in [2.45, 2.75) is 82.8 Å². The highest BCUT2D eigenvalue weighted by molar-refractivity contribution is 6.31. The number of carbonyl (C=O) groups excluding carboxylic acids is 3. The minimum atomic E-state index is -0.799. The molecule has 37 heavy (non-hydrogen) atoms. The topological polar surface area (TPSA) is 118 Å². The molecule has 1 saturated carbocycles. The van der Waals surface area contributed by atoms with Gasteiger partial charge in [0.2, 0.25) is 11.8 Å². The molecule has 196 valence electrons. The van der Waals surface area contributed by atoms with E-state index in [2.05, 4.69) is 21.7 Å². The number of aromatic nitrogens is 1. The number of amides is 3. The first-order chi connectivity index (χ1) is 17.6. The number of rotatable bonds is 5. The number of hydrogen-bond acceptors (Lipinski definition) is 4. The summed E-state index contributed by atoms with van der Waals surface area (Å²) in [6, 6.07) is 7.93. The summed E-state index contributed by atoms with van der Waals surface area (Å²) in [5, 5.41) is 17.1. The Morgan fingerprint density at radius 2 is 1.97 bits per heavy atom. The van der Waals surface area contributed by atoms with E-state index in [1.54, 1.807) is 23.1 Å². The van der Waals surface area contributed by atoms with Gasteiger partial charge in [-0.25, -0.2) is 0 Å². The van der Waals surface area contributed by atoms with Gasteiger partial charge in [-0.2, -0.15) is 5.26 Å². The number of halogens is 1. The van der Waals surface area contributed by atoms with Crippen molar-refractivity contribution in [3.63, 3.8) is 0 Å². The molecule has 2 aliphatic heterocycles. The van der Waals surface area contributed by atoms with Crippen molar-refractivity contribution in [3.05, 3.63) is 35.0 Å². The summed E-state index contributed by atoms with van der Waals surface area (Å²) in [6.45, 7) is 4.43. The van der Waals surface area contributed by atoms with Crippen LogP contribution in [0.5, 0.6) is 0 Å². The lowest BCUT2D eigenvalue weighted by molar-refractivity contribution is -0.126. The normalized spacial score (nSPS) is 25.1. The van der Waals surface area contributed by atoms with E-state index in [0.29, 0.717) is 30.1 Å². The number of H-pyrrole nitrogens is 1. The molecule has 9 heteroatoms. The van der Waals surface area contributed by atoms with Gasteiger partial charge in [-0.15, -0.1) is 0 Å². The molecule has 2 aromatic rings. The monoisotopic (exact) mass is 523 g/mol. The van der Waals surface area contributed by atoms with Crippen molar-refractivity contribution in [2.24, 2.45) is 11.3 Å². The molecule has 3 unspecified atom stereocenters. The first-order valence-electron chi connectivity index (χ1n) is 13.2. The van der Waals surface area contributed by atoms with E-state index >= 15 is 0 Å². The number of likely N-dealkylation sites (tertiary alicyclic amines) is 1. The van der Waals surface area contributed by atoms with Crippen molar-refractivity contribution in [1.29, 1.82) is 5.26 Å². The lowest BCUT2D eigenvalue weighted by atomic mass is 9.72. The molecule has 3 N–H and O–H groups in total. The molecule has 8 nitrogen and oxygen atoms in total. The molecular weight excluding hydrogens is 490 g/mol. The van der Waals surface area contributed by atoms with Gasteiger partial charge in [-0.3, -0.25) is 14.4 Å². The Morgan fingerprint density at radius 1 is 1.22 bits per heavy atom. The average molecular weight is 524 g/mol. The van der Waals surface area contributed by atoms with E-state index < -0.39 is 12.1 Å². The van der Waals surface area contributed by atoms with Gasteiger partial charge in [0, 0.05) is 33.9 Å². The van der Waals surface area contributed by atoms with Gasteiger partial charge in [-0.1, -0.05) is 36.9 Å².